The van der Waals surface area contributed by atoms with Gasteiger partial charge in [-0.25, -0.2) is 15.0 Å². The van der Waals surface area contributed by atoms with Gasteiger partial charge in [-0.15, -0.1) is 0 Å². The third-order valence-corrected chi connectivity index (χ3v) is 2.77. The number of fused-ring (bicyclic) bond motifs is 1. The molecule has 0 N–H and O–H groups in total. The van der Waals surface area contributed by atoms with Crippen molar-refractivity contribution in [3.8, 4) is 0 Å². The molecule has 0 aromatic carbocycles. The summed E-state index contributed by atoms with van der Waals surface area (Å²) in [6.45, 7) is 0.549. The van der Waals surface area contributed by atoms with Crippen LogP contribution in [0, 0.1) is 0 Å². The number of imidazole rings is 1. The van der Waals surface area contributed by atoms with Crippen LogP contribution in [0.5, 0.6) is 0 Å². The molecule has 2 aromatic heterocycles. The molecular weight excluding hydrogens is 316 g/mol. The number of nitrogens with zero attached hydrogens (tertiary/aromatic N) is 5. The molecular formula is C11H11F6N5. The number of aromatic nitrogens is 4. The van der Waals surface area contributed by atoms with E-state index in [4.69, 9.17) is 0 Å². The standard InChI is InChI=1S/C11H11F6N5/c1-21(2)3-4-22-5-18-6-7(10(12,13)14)19-9(11(15,16)17)20-8(6)22/h5H,3-4H2,1-2H3. The van der Waals surface area contributed by atoms with E-state index in [1.165, 1.54) is 0 Å². The van der Waals surface area contributed by atoms with Crippen LogP contribution in [0.25, 0.3) is 11.2 Å². The predicted molar refractivity (Wildman–Crippen MR) is 63.9 cm³/mol. The Morgan fingerprint density at radius 2 is 1.68 bits per heavy atom. The van der Waals surface area contributed by atoms with Crippen LogP contribution in [0.3, 0.4) is 0 Å². The predicted octanol–water partition coefficient (Wildman–Crippen LogP) is 2.43. The van der Waals surface area contributed by atoms with E-state index in [0.29, 0.717) is 6.54 Å². The average molecular weight is 327 g/mol. The van der Waals surface area contributed by atoms with Gasteiger partial charge in [-0.2, -0.15) is 26.3 Å². The van der Waals surface area contributed by atoms with E-state index in [2.05, 4.69) is 15.0 Å². The van der Waals surface area contributed by atoms with Gasteiger partial charge >= 0.3 is 12.4 Å². The van der Waals surface area contributed by atoms with Crippen molar-refractivity contribution >= 4 is 11.2 Å². The number of alkyl halides is 6. The van der Waals surface area contributed by atoms with Gasteiger partial charge < -0.3 is 9.47 Å². The Labute approximate surface area is 120 Å². The minimum atomic E-state index is -5.08. The van der Waals surface area contributed by atoms with Crippen LogP contribution >= 0.6 is 0 Å². The number of likely N-dealkylation sites (N-methyl/N-ethyl adjacent to an activating group) is 1. The van der Waals surface area contributed by atoms with Crippen LogP contribution in [-0.4, -0.2) is 45.1 Å². The first kappa shape index (κ1) is 16.5. The van der Waals surface area contributed by atoms with Gasteiger partial charge in [0.15, 0.2) is 11.3 Å². The van der Waals surface area contributed by atoms with Gasteiger partial charge in [0.1, 0.15) is 5.52 Å². The Balaban J connectivity index is 2.64. The molecule has 2 heterocycles. The topological polar surface area (TPSA) is 46.8 Å². The van der Waals surface area contributed by atoms with Crippen molar-refractivity contribution in [2.75, 3.05) is 20.6 Å². The summed E-state index contributed by atoms with van der Waals surface area (Å²) < 4.78 is 77.9. The molecule has 0 bridgehead atoms. The van der Waals surface area contributed by atoms with E-state index in [9.17, 15) is 26.3 Å². The molecule has 0 atom stereocenters. The van der Waals surface area contributed by atoms with Gasteiger partial charge in [0.25, 0.3) is 0 Å². The highest BCUT2D eigenvalue weighted by Crippen LogP contribution is 2.35. The zero-order valence-electron chi connectivity index (χ0n) is 11.5. The van der Waals surface area contributed by atoms with E-state index in [-0.39, 0.29) is 6.54 Å². The molecule has 0 aliphatic rings. The molecule has 0 aliphatic heterocycles. The van der Waals surface area contributed by atoms with Crippen LogP contribution in [-0.2, 0) is 18.9 Å². The van der Waals surface area contributed by atoms with E-state index in [1.54, 1.807) is 19.0 Å². The highest BCUT2D eigenvalue weighted by Gasteiger charge is 2.42. The number of hydrogen-bond acceptors (Lipinski definition) is 4. The van der Waals surface area contributed by atoms with Crippen molar-refractivity contribution in [2.24, 2.45) is 0 Å². The van der Waals surface area contributed by atoms with Crippen molar-refractivity contribution in [1.82, 2.24) is 24.4 Å². The minimum absolute atomic E-state index is 0.148. The minimum Gasteiger partial charge on any atom is -0.314 e. The van der Waals surface area contributed by atoms with E-state index in [1.807, 2.05) is 0 Å². The fourth-order valence-electron chi connectivity index (χ4n) is 1.74. The van der Waals surface area contributed by atoms with Crippen LogP contribution in [0.15, 0.2) is 6.33 Å². The molecule has 0 aliphatic carbocycles. The van der Waals surface area contributed by atoms with Crippen LogP contribution in [0.1, 0.15) is 11.5 Å². The Morgan fingerprint density at radius 1 is 1.05 bits per heavy atom. The maximum atomic E-state index is 12.9. The molecule has 0 amide bonds. The summed E-state index contributed by atoms with van der Waals surface area (Å²) in [4.78, 5) is 11.1. The second-order valence-electron chi connectivity index (χ2n) is 4.80. The van der Waals surface area contributed by atoms with Crippen molar-refractivity contribution < 1.29 is 26.3 Å². The van der Waals surface area contributed by atoms with Gasteiger partial charge in [-0.3, -0.25) is 0 Å². The highest BCUT2D eigenvalue weighted by atomic mass is 19.4. The molecule has 0 spiro atoms. The van der Waals surface area contributed by atoms with Crippen molar-refractivity contribution in [3.63, 3.8) is 0 Å². The molecule has 0 radical (unpaired) electrons. The second-order valence-corrected chi connectivity index (χ2v) is 4.80. The lowest BCUT2D eigenvalue weighted by Crippen LogP contribution is -2.20. The third kappa shape index (κ3) is 3.29. The zero-order valence-corrected chi connectivity index (χ0v) is 11.5. The number of rotatable bonds is 3. The van der Waals surface area contributed by atoms with Crippen molar-refractivity contribution in [2.45, 2.75) is 18.9 Å². The first-order chi connectivity index (χ1) is 10.00. The van der Waals surface area contributed by atoms with Crippen molar-refractivity contribution in [1.29, 1.82) is 0 Å². The summed E-state index contributed by atoms with van der Waals surface area (Å²) >= 11 is 0. The Bertz CT molecular complexity index is 672. The maximum absolute atomic E-state index is 12.9. The summed E-state index contributed by atoms with van der Waals surface area (Å²) in [5.41, 5.74) is -2.87. The number of halogens is 6. The molecule has 122 valence electrons. The molecule has 0 saturated carbocycles. The van der Waals surface area contributed by atoms with Gasteiger partial charge in [-0.05, 0) is 14.1 Å². The zero-order chi connectivity index (χ0) is 16.7. The lowest BCUT2D eigenvalue weighted by molar-refractivity contribution is -0.151. The summed E-state index contributed by atoms with van der Waals surface area (Å²) in [6, 6.07) is 0. The Morgan fingerprint density at radius 3 is 2.18 bits per heavy atom. The molecule has 0 unspecified atom stereocenters. The lowest BCUT2D eigenvalue weighted by Gasteiger charge is -2.12. The number of hydrogen-bond donors (Lipinski definition) is 0. The monoisotopic (exact) mass is 327 g/mol. The van der Waals surface area contributed by atoms with Gasteiger partial charge in [0.2, 0.25) is 5.82 Å². The summed E-state index contributed by atoms with van der Waals surface area (Å²) in [6.07, 6.45) is -9.11. The first-order valence-electron chi connectivity index (χ1n) is 6.02. The Kier molecular flexibility index (Phi) is 4.02. The molecule has 11 heteroatoms. The normalized spacial score (nSPS) is 13.3. The van der Waals surface area contributed by atoms with Gasteiger partial charge in [-0.1, -0.05) is 0 Å². The quantitative estimate of drug-likeness (QED) is 0.813. The van der Waals surface area contributed by atoms with Crippen LogP contribution < -0.4 is 0 Å². The fraction of sp³-hybridized carbons (Fsp3) is 0.545. The molecule has 22 heavy (non-hydrogen) atoms. The third-order valence-electron chi connectivity index (χ3n) is 2.77. The smallest absolute Gasteiger partial charge is 0.314 e. The molecule has 5 nitrogen and oxygen atoms in total. The first-order valence-corrected chi connectivity index (χ1v) is 6.02. The van der Waals surface area contributed by atoms with Gasteiger partial charge in [0.05, 0.1) is 6.33 Å². The van der Waals surface area contributed by atoms with E-state index >= 15 is 0 Å². The molecule has 0 saturated heterocycles. The summed E-state index contributed by atoms with van der Waals surface area (Å²) in [7, 11) is 3.44. The fourth-order valence-corrected chi connectivity index (χ4v) is 1.74. The molecule has 2 rings (SSSR count). The molecule has 0 fully saturated rings. The summed E-state index contributed by atoms with van der Waals surface area (Å²) in [5, 5.41) is 0. The summed E-state index contributed by atoms with van der Waals surface area (Å²) in [5.74, 6) is -1.83. The highest BCUT2D eigenvalue weighted by molar-refractivity contribution is 5.74. The SMILES string of the molecule is CN(C)CCn1cnc2c(C(F)(F)F)nc(C(F)(F)F)nc21. The second kappa shape index (κ2) is 5.38. The molecule has 2 aromatic rings. The van der Waals surface area contributed by atoms with Crippen LogP contribution in [0.4, 0.5) is 26.3 Å². The van der Waals surface area contributed by atoms with E-state index in [0.717, 1.165) is 10.9 Å². The van der Waals surface area contributed by atoms with E-state index < -0.39 is 35.0 Å². The Hall–Kier alpha value is -1.91. The van der Waals surface area contributed by atoms with Gasteiger partial charge in [0, 0.05) is 13.1 Å². The maximum Gasteiger partial charge on any atom is 0.451 e. The van der Waals surface area contributed by atoms with Crippen LogP contribution in [0.2, 0.25) is 0 Å². The van der Waals surface area contributed by atoms with Crippen molar-refractivity contribution in [3.05, 3.63) is 17.8 Å². The lowest BCUT2D eigenvalue weighted by atomic mass is 10.3. The average Bonchev–Trinajstić information content (AvgIpc) is 2.75. The largest absolute Gasteiger partial charge is 0.451 e.